The molecule has 2 aromatic rings. The molecule has 0 saturated carbocycles. The van der Waals surface area contributed by atoms with Crippen LogP contribution in [0.5, 0.6) is 28.7 Å². The van der Waals surface area contributed by atoms with Crippen LogP contribution in [0.15, 0.2) is 30.3 Å². The van der Waals surface area contributed by atoms with Crippen LogP contribution >= 0.6 is 0 Å². The van der Waals surface area contributed by atoms with Crippen molar-refractivity contribution in [2.75, 3.05) is 55.6 Å². The van der Waals surface area contributed by atoms with Crippen molar-refractivity contribution in [2.45, 2.75) is 12.8 Å². The fraction of sp³-hybridized carbons (Fsp3) is 0.435. The Morgan fingerprint density at radius 2 is 1.30 bits per heavy atom. The van der Waals surface area contributed by atoms with Crippen LogP contribution in [-0.4, -0.2) is 66.5 Å². The standard InChI is InChI=1S/C23H30O10/c1-26-12-30-17-10-19(25)23(22(11-17)33-15-29-4)18(24)7-5-16-6-8-20(31-13-27-2)21(9-16)32-14-28-3/h6,8-11,25H,5,7,12-15H2,1-4H3. The second-order valence-corrected chi connectivity index (χ2v) is 6.72. The third-order valence-corrected chi connectivity index (χ3v) is 4.32. The summed E-state index contributed by atoms with van der Waals surface area (Å²) < 4.78 is 41.6. The average molecular weight is 466 g/mol. The van der Waals surface area contributed by atoms with E-state index in [0.29, 0.717) is 23.7 Å². The summed E-state index contributed by atoms with van der Waals surface area (Å²) in [5, 5.41) is 10.5. The van der Waals surface area contributed by atoms with Crippen molar-refractivity contribution in [3.05, 3.63) is 41.5 Å². The lowest BCUT2D eigenvalue weighted by atomic mass is 10.0. The smallest absolute Gasteiger partial charge is 0.188 e. The van der Waals surface area contributed by atoms with E-state index >= 15 is 0 Å². The van der Waals surface area contributed by atoms with E-state index in [2.05, 4.69) is 0 Å². The number of aromatic hydroxyl groups is 1. The van der Waals surface area contributed by atoms with E-state index in [4.69, 9.17) is 37.9 Å². The third-order valence-electron chi connectivity index (χ3n) is 4.32. The maximum atomic E-state index is 13.0. The van der Waals surface area contributed by atoms with Gasteiger partial charge in [0.15, 0.2) is 44.5 Å². The zero-order valence-corrected chi connectivity index (χ0v) is 19.3. The van der Waals surface area contributed by atoms with E-state index < -0.39 is 0 Å². The molecule has 2 aromatic carbocycles. The van der Waals surface area contributed by atoms with Gasteiger partial charge in [-0.3, -0.25) is 4.79 Å². The van der Waals surface area contributed by atoms with E-state index in [-0.39, 0.29) is 56.4 Å². The molecule has 0 spiro atoms. The summed E-state index contributed by atoms with van der Waals surface area (Å²) in [5.41, 5.74) is 0.880. The van der Waals surface area contributed by atoms with Gasteiger partial charge in [-0.05, 0) is 24.1 Å². The van der Waals surface area contributed by atoms with Gasteiger partial charge in [-0.2, -0.15) is 0 Å². The molecule has 0 aromatic heterocycles. The Bertz CT molecular complexity index is 884. The van der Waals surface area contributed by atoms with Crippen LogP contribution in [0.4, 0.5) is 0 Å². The number of rotatable bonds is 16. The number of hydrogen-bond donors (Lipinski definition) is 1. The number of ether oxygens (including phenoxy) is 8. The first-order valence-corrected chi connectivity index (χ1v) is 10.0. The van der Waals surface area contributed by atoms with Gasteiger partial charge < -0.3 is 43.0 Å². The van der Waals surface area contributed by atoms with Gasteiger partial charge in [0, 0.05) is 47.0 Å². The fourth-order valence-electron chi connectivity index (χ4n) is 2.87. The van der Waals surface area contributed by atoms with Gasteiger partial charge in [-0.25, -0.2) is 0 Å². The minimum absolute atomic E-state index is 0.0198. The van der Waals surface area contributed by atoms with Crippen LogP contribution in [0.1, 0.15) is 22.3 Å². The molecule has 0 aliphatic rings. The Morgan fingerprint density at radius 3 is 1.94 bits per heavy atom. The summed E-state index contributed by atoms with van der Waals surface area (Å²) >= 11 is 0. The summed E-state index contributed by atoms with van der Waals surface area (Å²) in [6.07, 6.45) is 0.495. The predicted molar refractivity (Wildman–Crippen MR) is 117 cm³/mol. The largest absolute Gasteiger partial charge is 0.507 e. The maximum Gasteiger partial charge on any atom is 0.188 e. The van der Waals surface area contributed by atoms with Crippen molar-refractivity contribution < 1.29 is 47.8 Å². The first-order valence-electron chi connectivity index (χ1n) is 10.0. The molecule has 0 unspecified atom stereocenters. The normalized spacial score (nSPS) is 10.7. The Hall–Kier alpha value is -3.05. The number of phenols is 1. The van der Waals surface area contributed by atoms with E-state index in [0.717, 1.165) is 5.56 Å². The van der Waals surface area contributed by atoms with Crippen molar-refractivity contribution in [3.8, 4) is 28.7 Å². The number of hydrogen-bond acceptors (Lipinski definition) is 10. The molecular weight excluding hydrogens is 436 g/mol. The molecule has 33 heavy (non-hydrogen) atoms. The average Bonchev–Trinajstić information content (AvgIpc) is 2.82. The molecule has 10 nitrogen and oxygen atoms in total. The van der Waals surface area contributed by atoms with Crippen LogP contribution < -0.4 is 18.9 Å². The molecule has 0 radical (unpaired) electrons. The highest BCUT2D eigenvalue weighted by Gasteiger charge is 2.20. The second-order valence-electron chi connectivity index (χ2n) is 6.72. The highest BCUT2D eigenvalue weighted by atomic mass is 16.7. The SMILES string of the molecule is COCOc1cc(O)c(C(=O)CCc2ccc(OCOC)c(OCOC)c2)c(OCOC)c1. The molecule has 0 atom stereocenters. The minimum Gasteiger partial charge on any atom is -0.507 e. The highest BCUT2D eigenvalue weighted by molar-refractivity contribution is 6.01. The number of carbonyl (C=O) groups excluding carboxylic acids is 1. The van der Waals surface area contributed by atoms with Gasteiger partial charge in [0.05, 0.1) is 0 Å². The number of aryl methyl sites for hydroxylation is 1. The summed E-state index contributed by atoms with van der Waals surface area (Å²) in [6, 6.07) is 8.16. The molecule has 10 heteroatoms. The van der Waals surface area contributed by atoms with Gasteiger partial charge in [0.1, 0.15) is 22.8 Å². The molecule has 0 aliphatic heterocycles. The van der Waals surface area contributed by atoms with Crippen molar-refractivity contribution in [1.29, 1.82) is 0 Å². The first kappa shape index (κ1) is 26.2. The van der Waals surface area contributed by atoms with Crippen molar-refractivity contribution in [2.24, 2.45) is 0 Å². The molecule has 2 rings (SSSR count). The predicted octanol–water partition coefficient (Wildman–Crippen LogP) is 3.14. The number of Topliss-reactive ketones (excluding diaryl/α,β-unsaturated/α-hetero) is 1. The van der Waals surface area contributed by atoms with E-state index in [9.17, 15) is 9.90 Å². The zero-order valence-electron chi connectivity index (χ0n) is 19.3. The van der Waals surface area contributed by atoms with E-state index in [1.54, 1.807) is 12.1 Å². The Balaban J connectivity index is 2.18. The molecule has 0 heterocycles. The van der Waals surface area contributed by atoms with Gasteiger partial charge in [0.25, 0.3) is 0 Å². The van der Waals surface area contributed by atoms with Crippen LogP contribution in [-0.2, 0) is 25.4 Å². The van der Waals surface area contributed by atoms with Crippen molar-refractivity contribution >= 4 is 5.78 Å². The summed E-state index contributed by atoms with van der Waals surface area (Å²) in [4.78, 5) is 13.0. The maximum absolute atomic E-state index is 13.0. The number of ketones is 1. The summed E-state index contributed by atoms with van der Waals surface area (Å²) in [7, 11) is 5.96. The number of benzene rings is 2. The number of carbonyl (C=O) groups is 1. The number of phenolic OH excluding ortho intramolecular Hbond substituents is 1. The van der Waals surface area contributed by atoms with Gasteiger partial charge in [0.2, 0.25) is 0 Å². The topological polar surface area (TPSA) is 111 Å². The summed E-state index contributed by atoms with van der Waals surface area (Å²) in [5.74, 6) is 0.834. The minimum atomic E-state index is -0.309. The lowest BCUT2D eigenvalue weighted by Crippen LogP contribution is -2.09. The van der Waals surface area contributed by atoms with E-state index in [1.165, 1.54) is 40.6 Å². The third kappa shape index (κ3) is 8.10. The molecule has 0 amide bonds. The number of methoxy groups -OCH3 is 4. The highest BCUT2D eigenvalue weighted by Crippen LogP contribution is 2.35. The van der Waals surface area contributed by atoms with E-state index in [1.807, 2.05) is 6.07 Å². The molecule has 0 saturated heterocycles. The molecule has 0 aliphatic carbocycles. The lowest BCUT2D eigenvalue weighted by Gasteiger charge is -2.15. The molecule has 0 fully saturated rings. The second kappa shape index (κ2) is 14.2. The van der Waals surface area contributed by atoms with Gasteiger partial charge >= 0.3 is 0 Å². The van der Waals surface area contributed by atoms with Crippen molar-refractivity contribution in [3.63, 3.8) is 0 Å². The molecule has 182 valence electrons. The Kier molecular flexibility index (Phi) is 11.3. The monoisotopic (exact) mass is 466 g/mol. The van der Waals surface area contributed by atoms with Gasteiger partial charge in [-0.15, -0.1) is 0 Å². The Labute approximate surface area is 192 Å². The molecule has 0 bridgehead atoms. The zero-order chi connectivity index (χ0) is 24.1. The quantitative estimate of drug-likeness (QED) is 0.292. The van der Waals surface area contributed by atoms with Crippen LogP contribution in [0, 0.1) is 0 Å². The lowest BCUT2D eigenvalue weighted by molar-refractivity contribution is 0.0322. The summed E-state index contributed by atoms with van der Waals surface area (Å²) in [6.45, 7) is -0.0172. The van der Waals surface area contributed by atoms with Crippen molar-refractivity contribution in [1.82, 2.24) is 0 Å². The van der Waals surface area contributed by atoms with Crippen LogP contribution in [0.3, 0.4) is 0 Å². The molecular formula is C23H30O10. The Morgan fingerprint density at radius 1 is 0.727 bits per heavy atom. The first-order chi connectivity index (χ1) is 16.0. The fourth-order valence-corrected chi connectivity index (χ4v) is 2.87. The molecule has 1 N–H and O–H groups in total. The van der Waals surface area contributed by atoms with Gasteiger partial charge in [-0.1, -0.05) is 6.07 Å². The van der Waals surface area contributed by atoms with Crippen LogP contribution in [0.25, 0.3) is 0 Å². The van der Waals surface area contributed by atoms with Crippen LogP contribution in [0.2, 0.25) is 0 Å².